The molecule has 0 aliphatic carbocycles. The second-order valence-electron chi connectivity index (χ2n) is 7.69. The van der Waals surface area contributed by atoms with Gasteiger partial charge >= 0.3 is 6.03 Å². The van der Waals surface area contributed by atoms with Crippen LogP contribution in [-0.2, 0) is 14.4 Å². The van der Waals surface area contributed by atoms with Gasteiger partial charge in [0.25, 0.3) is 17.7 Å². The van der Waals surface area contributed by atoms with E-state index in [1.165, 1.54) is 49.6 Å². The summed E-state index contributed by atoms with van der Waals surface area (Å²) in [5.74, 6) is -2.03. The van der Waals surface area contributed by atoms with Crippen molar-refractivity contribution in [3.8, 4) is 11.5 Å². The largest absolute Gasteiger partial charge is 0.493 e. The molecule has 3 aromatic rings. The second kappa shape index (κ2) is 11.0. The van der Waals surface area contributed by atoms with E-state index in [-0.39, 0.29) is 23.7 Å². The Labute approximate surface area is 219 Å². The van der Waals surface area contributed by atoms with Crippen molar-refractivity contribution in [3.63, 3.8) is 0 Å². The van der Waals surface area contributed by atoms with Gasteiger partial charge in [-0.3, -0.25) is 19.7 Å². The molecular weight excluding hydrogens is 549 g/mol. The number of carbonyl (C=O) groups is 4. The number of hydrogen-bond donors (Lipinski definition) is 2. The molecule has 0 spiro atoms. The Morgan fingerprint density at radius 2 is 1.73 bits per heavy atom. The van der Waals surface area contributed by atoms with Gasteiger partial charge in [-0.15, -0.1) is 0 Å². The summed E-state index contributed by atoms with van der Waals surface area (Å²) in [5.41, 5.74) is 0.875. The first-order chi connectivity index (χ1) is 17.7. The number of ether oxygens (including phenoxy) is 2. The van der Waals surface area contributed by atoms with E-state index in [1.54, 1.807) is 30.3 Å². The second-order valence-corrected chi connectivity index (χ2v) is 8.60. The normalized spacial score (nSPS) is 14.4. The molecule has 0 atom stereocenters. The highest BCUT2D eigenvalue weighted by atomic mass is 79.9. The average molecular weight is 568 g/mol. The maximum absolute atomic E-state index is 13.0. The molecule has 1 aliphatic rings. The Morgan fingerprint density at radius 3 is 2.41 bits per heavy atom. The van der Waals surface area contributed by atoms with Crippen molar-refractivity contribution >= 4 is 57.1 Å². The summed E-state index contributed by atoms with van der Waals surface area (Å²) in [6.07, 6.45) is 1.32. The highest BCUT2D eigenvalue weighted by Crippen LogP contribution is 2.30. The van der Waals surface area contributed by atoms with Crippen molar-refractivity contribution in [3.05, 3.63) is 88.2 Å². The van der Waals surface area contributed by atoms with Crippen molar-refractivity contribution in [2.75, 3.05) is 23.9 Å². The van der Waals surface area contributed by atoms with Crippen LogP contribution in [0.2, 0.25) is 0 Å². The monoisotopic (exact) mass is 567 g/mol. The molecule has 0 unspecified atom stereocenters. The Balaban J connectivity index is 1.50. The Morgan fingerprint density at radius 1 is 1.03 bits per heavy atom. The van der Waals surface area contributed by atoms with Gasteiger partial charge in [-0.2, -0.15) is 0 Å². The predicted molar refractivity (Wildman–Crippen MR) is 137 cm³/mol. The lowest BCUT2D eigenvalue weighted by atomic mass is 10.1. The number of hydrogen-bond acceptors (Lipinski definition) is 6. The molecule has 1 heterocycles. The molecule has 4 rings (SSSR count). The maximum Gasteiger partial charge on any atom is 0.335 e. The number of urea groups is 1. The average Bonchev–Trinajstić information content (AvgIpc) is 2.88. The van der Waals surface area contributed by atoms with Crippen LogP contribution in [0, 0.1) is 5.82 Å². The number of barbiturate groups is 1. The van der Waals surface area contributed by atoms with Gasteiger partial charge in [0.1, 0.15) is 11.4 Å². The quantitative estimate of drug-likeness (QED) is 0.325. The van der Waals surface area contributed by atoms with Gasteiger partial charge in [0, 0.05) is 10.2 Å². The third-order valence-electron chi connectivity index (χ3n) is 5.17. The number of rotatable bonds is 7. The molecule has 1 saturated heterocycles. The summed E-state index contributed by atoms with van der Waals surface area (Å²) in [6.45, 7) is -0.348. The molecular formula is C26H19BrFN3O6. The summed E-state index contributed by atoms with van der Waals surface area (Å²) in [6, 6.07) is 15.5. The maximum atomic E-state index is 13.0. The van der Waals surface area contributed by atoms with Crippen molar-refractivity contribution in [1.82, 2.24) is 5.32 Å². The molecule has 0 saturated carbocycles. The lowest BCUT2D eigenvalue weighted by Crippen LogP contribution is -2.54. The van der Waals surface area contributed by atoms with Gasteiger partial charge in [0.05, 0.1) is 12.8 Å². The highest BCUT2D eigenvalue weighted by Gasteiger charge is 2.36. The first-order valence-corrected chi connectivity index (χ1v) is 11.6. The SMILES string of the molecule is COc1cc(/C=C2\C(=O)NC(=O)N(c3ccc(Br)cc3)C2=O)ccc1OCC(=O)Nc1ccc(F)cc1. The molecule has 11 heteroatoms. The van der Waals surface area contributed by atoms with Gasteiger partial charge in [-0.05, 0) is 72.3 Å². The Kier molecular flexibility index (Phi) is 7.63. The molecule has 3 aromatic carbocycles. The van der Waals surface area contributed by atoms with Crippen molar-refractivity contribution < 1.29 is 33.0 Å². The number of imide groups is 2. The third kappa shape index (κ3) is 6.01. The predicted octanol–water partition coefficient (Wildman–Crippen LogP) is 4.28. The first kappa shape index (κ1) is 25.6. The lowest BCUT2D eigenvalue weighted by Gasteiger charge is -2.26. The van der Waals surface area contributed by atoms with E-state index >= 15 is 0 Å². The number of nitrogens with zero attached hydrogens (tertiary/aromatic N) is 1. The number of halogens is 2. The molecule has 0 radical (unpaired) electrons. The summed E-state index contributed by atoms with van der Waals surface area (Å²) in [7, 11) is 1.39. The number of carbonyl (C=O) groups excluding carboxylic acids is 4. The molecule has 0 bridgehead atoms. The zero-order chi connectivity index (χ0) is 26.5. The zero-order valence-corrected chi connectivity index (χ0v) is 20.9. The van der Waals surface area contributed by atoms with Crippen LogP contribution in [-0.4, -0.2) is 37.5 Å². The number of anilines is 2. The summed E-state index contributed by atoms with van der Waals surface area (Å²) >= 11 is 3.29. The van der Waals surface area contributed by atoms with Crippen LogP contribution in [0.15, 0.2) is 76.8 Å². The molecule has 1 aliphatic heterocycles. The molecule has 2 N–H and O–H groups in total. The number of benzene rings is 3. The van der Waals surface area contributed by atoms with E-state index in [2.05, 4.69) is 26.6 Å². The minimum Gasteiger partial charge on any atom is -0.493 e. The van der Waals surface area contributed by atoms with Crippen LogP contribution in [0.25, 0.3) is 6.08 Å². The molecule has 9 nitrogen and oxygen atoms in total. The molecule has 188 valence electrons. The van der Waals surface area contributed by atoms with Gasteiger partial charge in [-0.25, -0.2) is 14.1 Å². The van der Waals surface area contributed by atoms with Crippen molar-refractivity contribution in [2.24, 2.45) is 0 Å². The van der Waals surface area contributed by atoms with Crippen LogP contribution in [0.5, 0.6) is 11.5 Å². The summed E-state index contributed by atoms with van der Waals surface area (Å²) in [4.78, 5) is 50.9. The smallest absolute Gasteiger partial charge is 0.335 e. The van der Waals surface area contributed by atoms with E-state index < -0.39 is 29.6 Å². The highest BCUT2D eigenvalue weighted by molar-refractivity contribution is 9.10. The van der Waals surface area contributed by atoms with Gasteiger partial charge < -0.3 is 14.8 Å². The number of amides is 5. The van der Waals surface area contributed by atoms with Gasteiger partial charge in [0.2, 0.25) is 0 Å². The molecule has 37 heavy (non-hydrogen) atoms. The number of nitrogens with one attached hydrogen (secondary N) is 2. The Bertz CT molecular complexity index is 1410. The first-order valence-electron chi connectivity index (χ1n) is 10.8. The van der Waals surface area contributed by atoms with E-state index in [0.29, 0.717) is 16.9 Å². The topological polar surface area (TPSA) is 114 Å². The van der Waals surface area contributed by atoms with Crippen molar-refractivity contribution in [1.29, 1.82) is 0 Å². The fraction of sp³-hybridized carbons (Fsp3) is 0.0769. The minimum atomic E-state index is -0.852. The van der Waals surface area contributed by atoms with Crippen LogP contribution in [0.1, 0.15) is 5.56 Å². The van der Waals surface area contributed by atoms with E-state index in [4.69, 9.17) is 9.47 Å². The van der Waals surface area contributed by atoms with Crippen LogP contribution >= 0.6 is 15.9 Å². The molecule has 0 aromatic heterocycles. The van der Waals surface area contributed by atoms with Crippen molar-refractivity contribution in [2.45, 2.75) is 0 Å². The van der Waals surface area contributed by atoms with E-state index in [1.807, 2.05) is 0 Å². The van der Waals surface area contributed by atoms with E-state index in [0.717, 1.165) is 9.37 Å². The van der Waals surface area contributed by atoms with Gasteiger partial charge in [-0.1, -0.05) is 22.0 Å². The minimum absolute atomic E-state index is 0.241. The van der Waals surface area contributed by atoms with Gasteiger partial charge in [0.15, 0.2) is 18.1 Å². The standard InChI is InChI=1S/C26H19BrFN3O6/c1-36-22-13-15(2-11-21(22)37-14-23(32)29-18-7-5-17(28)6-8-18)12-20-24(33)30-26(35)31(25(20)34)19-9-3-16(27)4-10-19/h2-13H,14H2,1H3,(H,29,32)(H,30,33,35)/b20-12+. The fourth-order valence-electron chi connectivity index (χ4n) is 3.42. The zero-order valence-electron chi connectivity index (χ0n) is 19.3. The fourth-order valence-corrected chi connectivity index (χ4v) is 3.68. The number of methoxy groups -OCH3 is 1. The van der Waals surface area contributed by atoms with Crippen LogP contribution in [0.4, 0.5) is 20.6 Å². The van der Waals surface area contributed by atoms with Crippen LogP contribution < -0.4 is 25.0 Å². The van der Waals surface area contributed by atoms with E-state index in [9.17, 15) is 23.6 Å². The van der Waals surface area contributed by atoms with Crippen LogP contribution in [0.3, 0.4) is 0 Å². The third-order valence-corrected chi connectivity index (χ3v) is 5.70. The molecule has 5 amide bonds. The summed E-state index contributed by atoms with van der Waals surface area (Å²) < 4.78 is 24.6. The lowest BCUT2D eigenvalue weighted by molar-refractivity contribution is -0.122. The Hall–Kier alpha value is -4.51. The summed E-state index contributed by atoms with van der Waals surface area (Å²) in [5, 5.41) is 4.74. The molecule has 1 fully saturated rings.